The Balaban J connectivity index is 2.05. The van der Waals surface area contributed by atoms with E-state index >= 15 is 0 Å². The molecule has 1 aromatic carbocycles. The number of fused-ring (bicyclic) bond motifs is 1. The molecular formula is C14H17N3. The molecule has 0 atom stereocenters. The number of para-hydroxylation sites is 1. The molecule has 1 aliphatic carbocycles. The number of hydrogen-bond donors (Lipinski definition) is 1. The maximum Gasteiger partial charge on any atom is 0.0951 e. The second-order valence-corrected chi connectivity index (χ2v) is 4.90. The number of benzene rings is 1. The smallest absolute Gasteiger partial charge is 0.0951 e. The van der Waals surface area contributed by atoms with Crippen LogP contribution in [0.15, 0.2) is 30.5 Å². The molecule has 0 unspecified atom stereocenters. The van der Waals surface area contributed by atoms with E-state index in [-0.39, 0.29) is 0 Å². The Hall–Kier alpha value is -1.77. The van der Waals surface area contributed by atoms with Crippen LogP contribution in [0.2, 0.25) is 0 Å². The van der Waals surface area contributed by atoms with Crippen molar-refractivity contribution in [2.75, 3.05) is 24.2 Å². The Bertz CT molecular complexity index is 546. The van der Waals surface area contributed by atoms with E-state index < -0.39 is 0 Å². The Morgan fingerprint density at radius 1 is 1.35 bits per heavy atom. The summed E-state index contributed by atoms with van der Waals surface area (Å²) in [6.45, 7) is 1.13. The zero-order valence-electron chi connectivity index (χ0n) is 10.1. The van der Waals surface area contributed by atoms with Crippen LogP contribution >= 0.6 is 0 Å². The fourth-order valence-electron chi connectivity index (χ4n) is 2.30. The van der Waals surface area contributed by atoms with Crippen LogP contribution in [-0.2, 0) is 0 Å². The average Bonchev–Trinajstić information content (AvgIpc) is 3.13. The number of anilines is 2. The lowest BCUT2D eigenvalue weighted by Gasteiger charge is -2.21. The highest BCUT2D eigenvalue weighted by molar-refractivity contribution is 5.97. The monoisotopic (exact) mass is 227 g/mol. The van der Waals surface area contributed by atoms with Gasteiger partial charge in [0.15, 0.2) is 0 Å². The molecule has 0 saturated heterocycles. The molecule has 2 aromatic rings. The second kappa shape index (κ2) is 3.91. The summed E-state index contributed by atoms with van der Waals surface area (Å²) in [5.41, 5.74) is 8.85. The molecule has 1 fully saturated rings. The van der Waals surface area contributed by atoms with Crippen molar-refractivity contribution in [3.05, 3.63) is 30.5 Å². The third-order valence-electron chi connectivity index (χ3n) is 3.42. The molecule has 3 rings (SSSR count). The van der Waals surface area contributed by atoms with Crippen LogP contribution in [0.5, 0.6) is 0 Å². The maximum atomic E-state index is 5.96. The number of nitrogens with two attached hydrogens (primary N) is 1. The fourth-order valence-corrected chi connectivity index (χ4v) is 2.30. The van der Waals surface area contributed by atoms with Crippen LogP contribution < -0.4 is 10.6 Å². The van der Waals surface area contributed by atoms with Gasteiger partial charge in [0.05, 0.1) is 11.2 Å². The van der Waals surface area contributed by atoms with Crippen molar-refractivity contribution in [3.8, 4) is 0 Å². The van der Waals surface area contributed by atoms with Gasteiger partial charge in [-0.2, -0.15) is 0 Å². The number of hydrogen-bond acceptors (Lipinski definition) is 3. The van der Waals surface area contributed by atoms with E-state index in [1.807, 2.05) is 18.3 Å². The van der Waals surface area contributed by atoms with Gasteiger partial charge in [-0.15, -0.1) is 0 Å². The van der Waals surface area contributed by atoms with Crippen LogP contribution in [-0.4, -0.2) is 18.6 Å². The molecule has 0 spiro atoms. The predicted molar refractivity (Wildman–Crippen MR) is 72.1 cm³/mol. The Labute approximate surface area is 101 Å². The first kappa shape index (κ1) is 10.4. The third-order valence-corrected chi connectivity index (χ3v) is 3.42. The molecule has 0 aliphatic heterocycles. The molecule has 1 heterocycles. The largest absolute Gasteiger partial charge is 0.397 e. The average molecular weight is 227 g/mol. The number of aromatic nitrogens is 1. The van der Waals surface area contributed by atoms with Gasteiger partial charge >= 0.3 is 0 Å². The lowest BCUT2D eigenvalue weighted by molar-refractivity contribution is 0.789. The van der Waals surface area contributed by atoms with E-state index in [9.17, 15) is 0 Å². The highest BCUT2D eigenvalue weighted by Gasteiger charge is 2.23. The van der Waals surface area contributed by atoms with E-state index in [1.165, 1.54) is 18.5 Å². The molecule has 0 bridgehead atoms. The standard InChI is InChI=1S/C14H17N3/c1-17(9-10-5-6-10)13-7-8-16-14-11(13)3-2-4-12(14)15/h2-4,7-8,10H,5-6,9,15H2,1H3. The molecule has 3 heteroatoms. The Morgan fingerprint density at radius 2 is 2.18 bits per heavy atom. The van der Waals surface area contributed by atoms with Gasteiger partial charge < -0.3 is 10.6 Å². The number of rotatable bonds is 3. The first-order valence-electron chi connectivity index (χ1n) is 6.10. The van der Waals surface area contributed by atoms with Crippen molar-refractivity contribution in [3.63, 3.8) is 0 Å². The minimum atomic E-state index is 0.754. The van der Waals surface area contributed by atoms with Crippen molar-refractivity contribution in [2.24, 2.45) is 5.92 Å². The molecule has 2 N–H and O–H groups in total. The summed E-state index contributed by atoms with van der Waals surface area (Å²) >= 11 is 0. The van der Waals surface area contributed by atoms with Crippen molar-refractivity contribution >= 4 is 22.3 Å². The predicted octanol–water partition coefficient (Wildman–Crippen LogP) is 2.66. The first-order valence-corrected chi connectivity index (χ1v) is 6.10. The number of nitrogen functional groups attached to an aromatic ring is 1. The molecule has 1 aromatic heterocycles. The minimum Gasteiger partial charge on any atom is -0.397 e. The Morgan fingerprint density at radius 3 is 2.94 bits per heavy atom. The summed E-state index contributed by atoms with van der Waals surface area (Å²) in [4.78, 5) is 6.69. The quantitative estimate of drug-likeness (QED) is 0.820. The van der Waals surface area contributed by atoms with E-state index in [1.54, 1.807) is 0 Å². The molecule has 1 saturated carbocycles. The van der Waals surface area contributed by atoms with Crippen molar-refractivity contribution < 1.29 is 0 Å². The van der Waals surface area contributed by atoms with Crippen molar-refractivity contribution in [2.45, 2.75) is 12.8 Å². The highest BCUT2D eigenvalue weighted by atomic mass is 15.1. The van der Waals surface area contributed by atoms with Crippen LogP contribution in [0.3, 0.4) is 0 Å². The summed E-state index contributed by atoms with van der Waals surface area (Å²) in [7, 11) is 2.15. The Kier molecular flexibility index (Phi) is 2.39. The first-order chi connectivity index (χ1) is 8.25. The molecule has 3 nitrogen and oxygen atoms in total. The van der Waals surface area contributed by atoms with E-state index in [4.69, 9.17) is 5.73 Å². The van der Waals surface area contributed by atoms with Crippen molar-refractivity contribution in [1.29, 1.82) is 0 Å². The minimum absolute atomic E-state index is 0.754. The van der Waals surface area contributed by atoms with E-state index in [0.717, 1.165) is 29.1 Å². The van der Waals surface area contributed by atoms with Crippen LogP contribution in [0.4, 0.5) is 11.4 Å². The zero-order chi connectivity index (χ0) is 11.8. The van der Waals surface area contributed by atoms with Gasteiger partial charge in [0.25, 0.3) is 0 Å². The second-order valence-electron chi connectivity index (χ2n) is 4.90. The molecule has 0 radical (unpaired) electrons. The lowest BCUT2D eigenvalue weighted by atomic mass is 10.1. The molecular weight excluding hydrogens is 210 g/mol. The molecule has 0 amide bonds. The summed E-state index contributed by atoms with van der Waals surface area (Å²) in [6, 6.07) is 8.06. The molecule has 88 valence electrons. The molecule has 17 heavy (non-hydrogen) atoms. The van der Waals surface area contributed by atoms with Gasteiger partial charge in [-0.05, 0) is 30.9 Å². The lowest BCUT2D eigenvalue weighted by Crippen LogP contribution is -2.20. The highest BCUT2D eigenvalue weighted by Crippen LogP contribution is 2.33. The SMILES string of the molecule is CN(CC1CC1)c1ccnc2c(N)cccc12. The van der Waals surface area contributed by atoms with Crippen molar-refractivity contribution in [1.82, 2.24) is 4.98 Å². The fraction of sp³-hybridized carbons (Fsp3) is 0.357. The van der Waals surface area contributed by atoms with Gasteiger partial charge in [0, 0.05) is 30.9 Å². The topological polar surface area (TPSA) is 42.2 Å². The van der Waals surface area contributed by atoms with Crippen LogP contribution in [0.1, 0.15) is 12.8 Å². The van der Waals surface area contributed by atoms with E-state index in [0.29, 0.717) is 0 Å². The van der Waals surface area contributed by atoms with Crippen LogP contribution in [0.25, 0.3) is 10.9 Å². The maximum absolute atomic E-state index is 5.96. The summed E-state index contributed by atoms with van der Waals surface area (Å²) < 4.78 is 0. The van der Waals surface area contributed by atoms with Gasteiger partial charge in [-0.1, -0.05) is 12.1 Å². The van der Waals surface area contributed by atoms with Gasteiger partial charge in [-0.25, -0.2) is 0 Å². The molecule has 1 aliphatic rings. The van der Waals surface area contributed by atoms with Gasteiger partial charge in [0.1, 0.15) is 0 Å². The summed E-state index contributed by atoms with van der Waals surface area (Å²) in [5.74, 6) is 0.879. The number of nitrogens with zero attached hydrogens (tertiary/aromatic N) is 2. The van der Waals surface area contributed by atoms with Crippen LogP contribution in [0, 0.1) is 5.92 Å². The van der Waals surface area contributed by atoms with Gasteiger partial charge in [0.2, 0.25) is 0 Å². The zero-order valence-corrected chi connectivity index (χ0v) is 10.1. The number of pyridine rings is 1. The third kappa shape index (κ3) is 1.93. The normalized spacial score (nSPS) is 15.1. The van der Waals surface area contributed by atoms with Gasteiger partial charge in [-0.3, -0.25) is 4.98 Å². The summed E-state index contributed by atoms with van der Waals surface area (Å²) in [6.07, 6.45) is 4.59. The summed E-state index contributed by atoms with van der Waals surface area (Å²) in [5, 5.41) is 1.15. The van der Waals surface area contributed by atoms with E-state index in [2.05, 4.69) is 29.1 Å².